The molecule has 0 bridgehead atoms. The van der Waals surface area contributed by atoms with E-state index in [-0.39, 0.29) is 18.9 Å². The zero-order chi connectivity index (χ0) is 15.1. The molecule has 0 fully saturated rings. The average molecular weight is 287 g/mol. The highest BCUT2D eigenvalue weighted by Gasteiger charge is 2.21. The van der Waals surface area contributed by atoms with Crippen molar-refractivity contribution in [3.8, 4) is 5.75 Å². The number of nitrogens with one attached hydrogen (secondary N) is 1. The molecule has 4 nitrogen and oxygen atoms in total. The summed E-state index contributed by atoms with van der Waals surface area (Å²) >= 11 is 0. The smallest absolute Gasteiger partial charge is 0.257 e. The molecule has 0 heterocycles. The number of aliphatic hydroxyl groups excluding tert-OH is 1. The molecule has 0 saturated carbocycles. The highest BCUT2D eigenvalue weighted by atomic mass is 19.1. The minimum absolute atomic E-state index is 0.144. The van der Waals surface area contributed by atoms with Gasteiger partial charge in [-0.05, 0) is 31.9 Å². The van der Waals surface area contributed by atoms with Gasteiger partial charge in [-0.1, -0.05) is 6.92 Å². The first kappa shape index (κ1) is 16.4. The van der Waals surface area contributed by atoms with E-state index in [0.29, 0.717) is 12.8 Å². The number of carbonyl (C=O) groups is 1. The summed E-state index contributed by atoms with van der Waals surface area (Å²) in [6.07, 6.45) is 0.342. The lowest BCUT2D eigenvalue weighted by atomic mass is 10.1. The lowest BCUT2D eigenvalue weighted by Crippen LogP contribution is -2.28. The van der Waals surface area contributed by atoms with Gasteiger partial charge in [0.25, 0.3) is 5.91 Å². The predicted octanol–water partition coefficient (Wildman–Crippen LogP) is 2.25. The van der Waals surface area contributed by atoms with E-state index in [1.54, 1.807) is 13.8 Å². The maximum Gasteiger partial charge on any atom is 0.257 e. The number of hydrogen-bond acceptors (Lipinski definition) is 3. The third-order valence-corrected chi connectivity index (χ3v) is 2.82. The first-order valence-corrected chi connectivity index (χ1v) is 6.58. The maximum atomic E-state index is 13.9. The van der Waals surface area contributed by atoms with Crippen molar-refractivity contribution in [1.29, 1.82) is 0 Å². The number of rotatable bonds is 7. The lowest BCUT2D eigenvalue weighted by Gasteiger charge is -2.11. The average Bonchev–Trinajstić information content (AvgIpc) is 2.42. The molecule has 0 aliphatic heterocycles. The van der Waals surface area contributed by atoms with E-state index in [4.69, 9.17) is 4.74 Å². The predicted molar refractivity (Wildman–Crippen MR) is 70.8 cm³/mol. The van der Waals surface area contributed by atoms with E-state index in [2.05, 4.69) is 5.32 Å². The molecule has 2 N–H and O–H groups in total. The van der Waals surface area contributed by atoms with Gasteiger partial charge in [0.2, 0.25) is 0 Å². The zero-order valence-corrected chi connectivity index (χ0v) is 11.6. The number of carbonyl (C=O) groups excluding carboxylic acids is 1. The van der Waals surface area contributed by atoms with Crippen molar-refractivity contribution >= 4 is 5.91 Å². The van der Waals surface area contributed by atoms with Gasteiger partial charge in [0.1, 0.15) is 11.4 Å². The number of amides is 1. The minimum Gasteiger partial charge on any atom is -0.491 e. The van der Waals surface area contributed by atoms with Crippen molar-refractivity contribution in [2.45, 2.75) is 32.8 Å². The van der Waals surface area contributed by atoms with Gasteiger partial charge in [0.05, 0.1) is 12.7 Å². The van der Waals surface area contributed by atoms with Crippen molar-refractivity contribution in [2.75, 3.05) is 13.2 Å². The van der Waals surface area contributed by atoms with Crippen LogP contribution in [-0.4, -0.2) is 30.3 Å². The molecule has 1 rings (SSSR count). The monoisotopic (exact) mass is 287 g/mol. The van der Waals surface area contributed by atoms with Crippen LogP contribution in [0.5, 0.6) is 5.75 Å². The highest BCUT2D eigenvalue weighted by molar-refractivity contribution is 5.95. The van der Waals surface area contributed by atoms with Crippen LogP contribution in [0.25, 0.3) is 0 Å². The molecular weight excluding hydrogens is 268 g/mol. The largest absolute Gasteiger partial charge is 0.491 e. The molecule has 1 atom stereocenters. The molecule has 1 aromatic rings. The van der Waals surface area contributed by atoms with Gasteiger partial charge in [-0.2, -0.15) is 0 Å². The number of ether oxygens (including phenoxy) is 1. The number of aliphatic hydroxyl groups is 1. The summed E-state index contributed by atoms with van der Waals surface area (Å²) < 4.78 is 32.5. The van der Waals surface area contributed by atoms with Gasteiger partial charge in [0, 0.05) is 6.54 Å². The van der Waals surface area contributed by atoms with Crippen LogP contribution in [0.3, 0.4) is 0 Å². The van der Waals surface area contributed by atoms with Crippen molar-refractivity contribution in [1.82, 2.24) is 5.32 Å². The summed E-state index contributed by atoms with van der Waals surface area (Å²) in [6.45, 7) is 3.82. The van der Waals surface area contributed by atoms with Crippen molar-refractivity contribution < 1.29 is 23.4 Å². The summed E-state index contributed by atoms with van der Waals surface area (Å²) in [5, 5.41) is 11.7. The lowest BCUT2D eigenvalue weighted by molar-refractivity contribution is 0.0932. The number of halogens is 2. The Kier molecular flexibility index (Phi) is 6.38. The Bertz CT molecular complexity index is 466. The van der Waals surface area contributed by atoms with Crippen molar-refractivity contribution in [3.05, 3.63) is 29.3 Å². The van der Waals surface area contributed by atoms with Gasteiger partial charge in [-0.3, -0.25) is 4.79 Å². The molecule has 1 aromatic carbocycles. The molecule has 0 aromatic heterocycles. The standard InChI is InChI=1S/C14H19F2NO3/c1-3-9(18)7-8-17-14(19)12-10(15)5-6-11(13(12)16)20-4-2/h5-6,9,18H,3-4,7-8H2,1-2H3,(H,17,19). The summed E-state index contributed by atoms with van der Waals surface area (Å²) in [7, 11) is 0. The van der Waals surface area contributed by atoms with Crippen LogP contribution in [0.2, 0.25) is 0 Å². The Hall–Kier alpha value is -1.69. The Morgan fingerprint density at radius 2 is 2.10 bits per heavy atom. The topological polar surface area (TPSA) is 58.6 Å². The molecule has 6 heteroatoms. The normalized spacial score (nSPS) is 12.1. The van der Waals surface area contributed by atoms with Gasteiger partial charge < -0.3 is 15.2 Å². The Morgan fingerprint density at radius 3 is 2.70 bits per heavy atom. The molecule has 1 amide bonds. The third kappa shape index (κ3) is 4.16. The van der Waals surface area contributed by atoms with Gasteiger partial charge in [-0.15, -0.1) is 0 Å². The van der Waals surface area contributed by atoms with Crippen LogP contribution in [0, 0.1) is 11.6 Å². The van der Waals surface area contributed by atoms with E-state index in [1.165, 1.54) is 0 Å². The van der Waals surface area contributed by atoms with Crippen LogP contribution in [0.4, 0.5) is 8.78 Å². The second-order valence-electron chi connectivity index (χ2n) is 4.27. The molecule has 0 aliphatic carbocycles. The Balaban J connectivity index is 2.79. The van der Waals surface area contributed by atoms with Crippen molar-refractivity contribution in [3.63, 3.8) is 0 Å². The van der Waals surface area contributed by atoms with Crippen LogP contribution < -0.4 is 10.1 Å². The highest BCUT2D eigenvalue weighted by Crippen LogP contribution is 2.23. The van der Waals surface area contributed by atoms with E-state index < -0.39 is 29.2 Å². The number of benzene rings is 1. The Morgan fingerprint density at radius 1 is 1.40 bits per heavy atom. The molecule has 0 saturated heterocycles. The number of hydrogen-bond donors (Lipinski definition) is 2. The van der Waals surface area contributed by atoms with E-state index in [1.807, 2.05) is 0 Å². The molecular formula is C14H19F2NO3. The van der Waals surface area contributed by atoms with E-state index >= 15 is 0 Å². The van der Waals surface area contributed by atoms with Gasteiger partial charge in [0.15, 0.2) is 11.6 Å². The van der Waals surface area contributed by atoms with Gasteiger partial charge >= 0.3 is 0 Å². The summed E-state index contributed by atoms with van der Waals surface area (Å²) in [4.78, 5) is 11.8. The van der Waals surface area contributed by atoms with E-state index in [0.717, 1.165) is 12.1 Å². The van der Waals surface area contributed by atoms with Crippen LogP contribution in [-0.2, 0) is 0 Å². The molecule has 0 aliphatic rings. The summed E-state index contributed by atoms with van der Waals surface area (Å²) in [6, 6.07) is 2.13. The fraction of sp³-hybridized carbons (Fsp3) is 0.500. The molecule has 112 valence electrons. The Labute approximate surface area is 116 Å². The van der Waals surface area contributed by atoms with Crippen LogP contribution in [0.15, 0.2) is 12.1 Å². The first-order valence-electron chi connectivity index (χ1n) is 6.58. The second-order valence-corrected chi connectivity index (χ2v) is 4.27. The second kappa shape index (κ2) is 7.79. The zero-order valence-electron chi connectivity index (χ0n) is 11.6. The summed E-state index contributed by atoms with van der Waals surface area (Å²) in [5.41, 5.74) is -0.665. The molecule has 1 unspecified atom stereocenters. The molecule has 20 heavy (non-hydrogen) atoms. The van der Waals surface area contributed by atoms with Gasteiger partial charge in [-0.25, -0.2) is 8.78 Å². The van der Waals surface area contributed by atoms with E-state index in [9.17, 15) is 18.7 Å². The van der Waals surface area contributed by atoms with Crippen LogP contribution >= 0.6 is 0 Å². The third-order valence-electron chi connectivity index (χ3n) is 2.82. The molecule has 0 spiro atoms. The maximum absolute atomic E-state index is 13.9. The quantitative estimate of drug-likeness (QED) is 0.808. The van der Waals surface area contributed by atoms with Crippen molar-refractivity contribution in [2.24, 2.45) is 0 Å². The summed E-state index contributed by atoms with van der Waals surface area (Å²) in [5.74, 6) is -2.97. The first-order chi connectivity index (χ1) is 9.51. The fourth-order valence-electron chi connectivity index (χ4n) is 1.65. The SMILES string of the molecule is CCOc1ccc(F)c(C(=O)NCCC(O)CC)c1F. The minimum atomic E-state index is -1.01. The molecule has 0 radical (unpaired) electrons. The fourth-order valence-corrected chi connectivity index (χ4v) is 1.65. The van der Waals surface area contributed by atoms with Crippen LogP contribution in [0.1, 0.15) is 37.0 Å².